The van der Waals surface area contributed by atoms with Gasteiger partial charge >= 0.3 is 0 Å². The van der Waals surface area contributed by atoms with E-state index >= 15 is 0 Å². The molecule has 2 aromatic carbocycles. The zero-order chi connectivity index (χ0) is 14.5. The van der Waals surface area contributed by atoms with Crippen molar-refractivity contribution in [1.29, 1.82) is 0 Å². The number of para-hydroxylation sites is 1. The largest absolute Gasteiger partial charge is 0.384 e. The molecular weight excluding hydrogens is 256 g/mol. The lowest BCUT2D eigenvalue weighted by Gasteiger charge is -2.10. The summed E-state index contributed by atoms with van der Waals surface area (Å²) in [7, 11) is 0. The summed E-state index contributed by atoms with van der Waals surface area (Å²) in [6.45, 7) is 3.28. The van der Waals surface area contributed by atoms with Gasteiger partial charge in [-0.15, -0.1) is 0 Å². The summed E-state index contributed by atoms with van der Waals surface area (Å²) < 4.78 is 0. The van der Waals surface area contributed by atoms with Crippen LogP contribution in [0.5, 0.6) is 0 Å². The molecule has 0 saturated carbocycles. The number of anilines is 1. The molecular formula is C19H22N2. The van der Waals surface area contributed by atoms with Gasteiger partial charge in [0.15, 0.2) is 0 Å². The van der Waals surface area contributed by atoms with Crippen molar-refractivity contribution in [3.05, 3.63) is 48.5 Å². The molecule has 0 spiro atoms. The van der Waals surface area contributed by atoms with Crippen molar-refractivity contribution in [3.8, 4) is 0 Å². The van der Waals surface area contributed by atoms with E-state index in [1.165, 1.54) is 42.1 Å². The van der Waals surface area contributed by atoms with Gasteiger partial charge < -0.3 is 5.32 Å². The number of pyridine rings is 1. The molecule has 0 atom stereocenters. The number of nitrogens with one attached hydrogen (secondary N) is 1. The van der Waals surface area contributed by atoms with Gasteiger partial charge in [-0.25, -0.2) is 4.98 Å². The Balaban J connectivity index is 1.86. The van der Waals surface area contributed by atoms with Gasteiger partial charge in [0, 0.05) is 23.0 Å². The van der Waals surface area contributed by atoms with Crippen LogP contribution >= 0.6 is 0 Å². The van der Waals surface area contributed by atoms with Crippen molar-refractivity contribution in [3.63, 3.8) is 0 Å². The van der Waals surface area contributed by atoms with Gasteiger partial charge in [0.05, 0.1) is 11.0 Å². The smallest absolute Gasteiger partial charge is 0.0730 e. The van der Waals surface area contributed by atoms with Crippen LogP contribution in [-0.4, -0.2) is 11.5 Å². The Morgan fingerprint density at radius 2 is 1.76 bits per heavy atom. The number of unbranched alkanes of at least 4 members (excludes halogenated alkanes) is 3. The standard InChI is InChI=1S/C19H22N2/c1-2-3-4-7-13-20-18-11-8-12-19-16(18)14-15-9-5-6-10-17(15)21-19/h5-6,8-12,14,20H,2-4,7,13H2,1H3. The first kappa shape index (κ1) is 13.9. The highest BCUT2D eigenvalue weighted by Crippen LogP contribution is 2.26. The molecule has 0 aliphatic heterocycles. The molecule has 0 fully saturated rings. The number of nitrogens with zero attached hydrogens (tertiary/aromatic N) is 1. The van der Waals surface area contributed by atoms with Gasteiger partial charge in [-0.05, 0) is 30.7 Å². The van der Waals surface area contributed by atoms with E-state index in [4.69, 9.17) is 4.98 Å². The van der Waals surface area contributed by atoms with Crippen molar-refractivity contribution in [2.45, 2.75) is 32.6 Å². The number of fused-ring (bicyclic) bond motifs is 2. The molecule has 0 saturated heterocycles. The predicted molar refractivity (Wildman–Crippen MR) is 91.9 cm³/mol. The van der Waals surface area contributed by atoms with Crippen LogP contribution in [0.2, 0.25) is 0 Å². The second-order valence-electron chi connectivity index (χ2n) is 5.54. The average Bonchev–Trinajstić information content (AvgIpc) is 2.53. The maximum Gasteiger partial charge on any atom is 0.0730 e. The first-order chi connectivity index (χ1) is 10.4. The van der Waals surface area contributed by atoms with E-state index in [0.717, 1.165) is 17.6 Å². The molecule has 108 valence electrons. The monoisotopic (exact) mass is 278 g/mol. The average molecular weight is 278 g/mol. The van der Waals surface area contributed by atoms with E-state index < -0.39 is 0 Å². The van der Waals surface area contributed by atoms with Gasteiger partial charge in [-0.3, -0.25) is 0 Å². The maximum atomic E-state index is 4.76. The van der Waals surface area contributed by atoms with E-state index in [2.05, 4.69) is 54.7 Å². The molecule has 0 radical (unpaired) electrons. The second-order valence-corrected chi connectivity index (χ2v) is 5.54. The van der Waals surface area contributed by atoms with E-state index in [1.807, 2.05) is 6.07 Å². The quantitative estimate of drug-likeness (QED) is 0.483. The molecule has 0 unspecified atom stereocenters. The van der Waals surface area contributed by atoms with Crippen molar-refractivity contribution >= 4 is 27.5 Å². The third-order valence-corrected chi connectivity index (χ3v) is 3.91. The SMILES string of the molecule is CCCCCCNc1cccc2nc3ccccc3cc12. The molecule has 1 heterocycles. The van der Waals surface area contributed by atoms with Crippen LogP contribution in [0.1, 0.15) is 32.6 Å². The lowest BCUT2D eigenvalue weighted by Crippen LogP contribution is -2.02. The molecule has 2 heteroatoms. The van der Waals surface area contributed by atoms with E-state index in [9.17, 15) is 0 Å². The summed E-state index contributed by atoms with van der Waals surface area (Å²) in [4.78, 5) is 4.76. The summed E-state index contributed by atoms with van der Waals surface area (Å²) in [6, 6.07) is 16.9. The highest BCUT2D eigenvalue weighted by Gasteiger charge is 2.03. The molecule has 2 nitrogen and oxygen atoms in total. The third kappa shape index (κ3) is 3.15. The molecule has 0 bridgehead atoms. The molecule has 1 aromatic heterocycles. The summed E-state index contributed by atoms with van der Waals surface area (Å²) >= 11 is 0. The highest BCUT2D eigenvalue weighted by molar-refractivity contribution is 5.99. The zero-order valence-corrected chi connectivity index (χ0v) is 12.6. The Bertz CT molecular complexity index is 734. The number of rotatable bonds is 6. The fourth-order valence-electron chi connectivity index (χ4n) is 2.73. The predicted octanol–water partition coefficient (Wildman–Crippen LogP) is 5.38. The van der Waals surface area contributed by atoms with Gasteiger partial charge in [0.25, 0.3) is 0 Å². The van der Waals surface area contributed by atoms with Gasteiger partial charge in [0.1, 0.15) is 0 Å². The van der Waals surface area contributed by atoms with E-state index in [-0.39, 0.29) is 0 Å². The minimum Gasteiger partial charge on any atom is -0.384 e. The Morgan fingerprint density at radius 3 is 2.67 bits per heavy atom. The lowest BCUT2D eigenvalue weighted by molar-refractivity contribution is 0.685. The molecule has 0 aliphatic rings. The summed E-state index contributed by atoms with van der Waals surface area (Å²) in [5.74, 6) is 0. The normalized spacial score (nSPS) is 11.1. The number of aromatic nitrogens is 1. The van der Waals surface area contributed by atoms with Crippen LogP contribution < -0.4 is 5.32 Å². The number of hydrogen-bond donors (Lipinski definition) is 1. The zero-order valence-electron chi connectivity index (χ0n) is 12.6. The minimum atomic E-state index is 1.03. The Hall–Kier alpha value is -2.09. The lowest BCUT2D eigenvalue weighted by atomic mass is 10.1. The molecule has 21 heavy (non-hydrogen) atoms. The Kier molecular flexibility index (Phi) is 4.34. The van der Waals surface area contributed by atoms with Crippen LogP contribution in [0.3, 0.4) is 0 Å². The van der Waals surface area contributed by atoms with Crippen molar-refractivity contribution < 1.29 is 0 Å². The van der Waals surface area contributed by atoms with Crippen LogP contribution in [0.4, 0.5) is 5.69 Å². The topological polar surface area (TPSA) is 24.9 Å². The van der Waals surface area contributed by atoms with Crippen LogP contribution in [0.15, 0.2) is 48.5 Å². The van der Waals surface area contributed by atoms with Gasteiger partial charge in [-0.2, -0.15) is 0 Å². The van der Waals surface area contributed by atoms with Crippen molar-refractivity contribution in [1.82, 2.24) is 4.98 Å². The second kappa shape index (κ2) is 6.57. The Morgan fingerprint density at radius 1 is 0.905 bits per heavy atom. The van der Waals surface area contributed by atoms with Gasteiger partial charge in [0.2, 0.25) is 0 Å². The van der Waals surface area contributed by atoms with Crippen molar-refractivity contribution in [2.24, 2.45) is 0 Å². The van der Waals surface area contributed by atoms with Crippen molar-refractivity contribution in [2.75, 3.05) is 11.9 Å². The first-order valence-corrected chi connectivity index (χ1v) is 7.91. The highest BCUT2D eigenvalue weighted by atomic mass is 14.9. The minimum absolute atomic E-state index is 1.03. The first-order valence-electron chi connectivity index (χ1n) is 7.91. The third-order valence-electron chi connectivity index (χ3n) is 3.91. The summed E-state index contributed by atoms with van der Waals surface area (Å²) in [5.41, 5.74) is 3.32. The fourth-order valence-corrected chi connectivity index (χ4v) is 2.73. The molecule has 1 N–H and O–H groups in total. The van der Waals surface area contributed by atoms with E-state index in [0.29, 0.717) is 0 Å². The number of benzene rings is 2. The molecule has 0 aliphatic carbocycles. The molecule has 0 amide bonds. The van der Waals surface area contributed by atoms with E-state index in [1.54, 1.807) is 0 Å². The number of hydrogen-bond acceptors (Lipinski definition) is 2. The van der Waals surface area contributed by atoms with Crippen LogP contribution in [0.25, 0.3) is 21.8 Å². The molecule has 3 aromatic rings. The van der Waals surface area contributed by atoms with Crippen LogP contribution in [0, 0.1) is 0 Å². The summed E-state index contributed by atoms with van der Waals surface area (Å²) in [5, 5.41) is 5.99. The summed E-state index contributed by atoms with van der Waals surface area (Å²) in [6.07, 6.45) is 5.13. The fraction of sp³-hybridized carbons (Fsp3) is 0.316. The van der Waals surface area contributed by atoms with Crippen LogP contribution in [-0.2, 0) is 0 Å². The Labute approximate surface area is 126 Å². The maximum absolute atomic E-state index is 4.76. The van der Waals surface area contributed by atoms with Gasteiger partial charge in [-0.1, -0.05) is 50.5 Å². The molecule has 3 rings (SSSR count).